The molecule has 0 spiro atoms. The molecule has 1 aromatic heterocycles. The summed E-state index contributed by atoms with van der Waals surface area (Å²) in [6.45, 7) is 8.98. The zero-order chi connectivity index (χ0) is 23.6. The van der Waals surface area contributed by atoms with E-state index in [9.17, 15) is 18.0 Å². The van der Waals surface area contributed by atoms with Gasteiger partial charge in [-0.3, -0.25) is 0 Å². The van der Waals surface area contributed by atoms with Gasteiger partial charge in [-0.25, -0.2) is 18.0 Å². The van der Waals surface area contributed by atoms with Crippen molar-refractivity contribution in [1.29, 1.82) is 0 Å². The van der Waals surface area contributed by atoms with Gasteiger partial charge in [-0.2, -0.15) is 4.72 Å². The lowest BCUT2D eigenvalue weighted by Gasteiger charge is -2.23. The number of carbonyl (C=O) groups is 1. The number of esters is 1. The molecule has 1 heterocycles. The number of benzene rings is 2. The van der Waals surface area contributed by atoms with Crippen LogP contribution in [0.25, 0.3) is 11.0 Å². The van der Waals surface area contributed by atoms with Crippen molar-refractivity contribution in [2.24, 2.45) is 5.92 Å². The molecule has 0 fully saturated rings. The molecule has 7 nitrogen and oxygen atoms in total. The standard InChI is InChI=1S/C24H27NO6S/c1-6-15(3)22(25-32(28,29)18-9-7-14(2)8-10-18)24(27)30-20-12-11-19-16(4)13-21(26)31-23(19)17(20)5/h7-13,15,22,25H,6H2,1-5H3/t15-,22-/m1/s1. The van der Waals surface area contributed by atoms with E-state index in [0.717, 1.165) is 16.5 Å². The first-order valence-electron chi connectivity index (χ1n) is 10.4. The Balaban J connectivity index is 1.92. The first-order valence-corrected chi connectivity index (χ1v) is 11.9. The average molecular weight is 458 g/mol. The number of carbonyl (C=O) groups excluding carboxylic acids is 1. The molecule has 0 saturated carbocycles. The third-order valence-electron chi connectivity index (χ3n) is 5.61. The number of fused-ring (bicyclic) bond motifs is 1. The molecule has 0 aliphatic heterocycles. The zero-order valence-corrected chi connectivity index (χ0v) is 19.6. The van der Waals surface area contributed by atoms with Crippen LogP contribution >= 0.6 is 0 Å². The van der Waals surface area contributed by atoms with E-state index in [2.05, 4.69) is 4.72 Å². The predicted octanol–water partition coefficient (Wildman–Crippen LogP) is 4.02. The fourth-order valence-corrected chi connectivity index (χ4v) is 4.66. The van der Waals surface area contributed by atoms with Crippen LogP contribution in [0.15, 0.2) is 56.6 Å². The van der Waals surface area contributed by atoms with Gasteiger partial charge in [0.2, 0.25) is 10.0 Å². The molecule has 2 atom stereocenters. The third kappa shape index (κ3) is 4.92. The molecule has 3 aromatic rings. The van der Waals surface area contributed by atoms with Crippen molar-refractivity contribution in [3.8, 4) is 5.75 Å². The van der Waals surface area contributed by atoms with Crippen LogP contribution in [0.2, 0.25) is 0 Å². The first-order chi connectivity index (χ1) is 15.0. The minimum atomic E-state index is -3.94. The molecule has 32 heavy (non-hydrogen) atoms. The molecule has 0 unspecified atom stereocenters. The van der Waals surface area contributed by atoms with Gasteiger partial charge in [0.05, 0.1) is 4.90 Å². The highest BCUT2D eigenvalue weighted by atomic mass is 32.2. The number of ether oxygens (including phenoxy) is 1. The van der Waals surface area contributed by atoms with Crippen molar-refractivity contribution in [3.63, 3.8) is 0 Å². The molecule has 170 valence electrons. The lowest BCUT2D eigenvalue weighted by molar-refractivity contribution is -0.137. The molecule has 1 N–H and O–H groups in total. The van der Waals surface area contributed by atoms with E-state index in [-0.39, 0.29) is 16.6 Å². The molecule has 3 rings (SSSR count). The smallest absolute Gasteiger partial charge is 0.336 e. The molecule has 0 radical (unpaired) electrons. The van der Waals surface area contributed by atoms with E-state index < -0.39 is 27.7 Å². The highest BCUT2D eigenvalue weighted by molar-refractivity contribution is 7.89. The van der Waals surface area contributed by atoms with Crippen molar-refractivity contribution in [1.82, 2.24) is 4.72 Å². The normalized spacial score (nSPS) is 13.7. The van der Waals surface area contributed by atoms with E-state index in [0.29, 0.717) is 17.6 Å². The van der Waals surface area contributed by atoms with Crippen LogP contribution in [-0.4, -0.2) is 20.4 Å². The summed E-state index contributed by atoms with van der Waals surface area (Å²) in [5.41, 5.74) is 2.00. The molecule has 8 heteroatoms. The summed E-state index contributed by atoms with van der Waals surface area (Å²) in [5.74, 6) is -0.838. The second kappa shape index (κ2) is 9.26. The predicted molar refractivity (Wildman–Crippen MR) is 122 cm³/mol. The highest BCUT2D eigenvalue weighted by Crippen LogP contribution is 2.29. The second-order valence-corrected chi connectivity index (χ2v) is 9.75. The molecular formula is C24H27NO6S. The minimum Gasteiger partial charge on any atom is -0.425 e. The Kier molecular flexibility index (Phi) is 6.85. The monoisotopic (exact) mass is 457 g/mol. The molecule has 0 aliphatic rings. The number of sulfonamides is 1. The maximum atomic E-state index is 13.1. The van der Waals surface area contributed by atoms with Crippen LogP contribution in [-0.2, 0) is 14.8 Å². The zero-order valence-electron chi connectivity index (χ0n) is 18.8. The van der Waals surface area contributed by atoms with Gasteiger partial charge in [0.1, 0.15) is 17.4 Å². The SMILES string of the molecule is CC[C@@H](C)[C@@H](NS(=O)(=O)c1ccc(C)cc1)C(=O)Oc1ccc2c(C)cc(=O)oc2c1C. The summed E-state index contributed by atoms with van der Waals surface area (Å²) in [5, 5.41) is 0.737. The fraction of sp³-hybridized carbons (Fsp3) is 0.333. The van der Waals surface area contributed by atoms with Crippen molar-refractivity contribution >= 4 is 27.0 Å². The molecule has 0 saturated heterocycles. The van der Waals surface area contributed by atoms with Crippen molar-refractivity contribution < 1.29 is 22.4 Å². The molecule has 0 amide bonds. The molecular weight excluding hydrogens is 430 g/mol. The van der Waals surface area contributed by atoms with Gasteiger partial charge >= 0.3 is 11.6 Å². The third-order valence-corrected chi connectivity index (χ3v) is 7.07. The van der Waals surface area contributed by atoms with Crippen LogP contribution < -0.4 is 15.1 Å². The summed E-state index contributed by atoms with van der Waals surface area (Å²) < 4.78 is 39.2. The minimum absolute atomic E-state index is 0.0725. The first kappa shape index (κ1) is 23.7. The average Bonchev–Trinajstić information content (AvgIpc) is 2.74. The van der Waals surface area contributed by atoms with Gasteiger partial charge in [0, 0.05) is 17.0 Å². The van der Waals surface area contributed by atoms with Crippen LogP contribution in [0.5, 0.6) is 5.75 Å². The summed E-state index contributed by atoms with van der Waals surface area (Å²) in [6, 6.07) is 10.0. The van der Waals surface area contributed by atoms with Gasteiger partial charge in [0.15, 0.2) is 0 Å². The van der Waals surface area contributed by atoms with Crippen molar-refractivity contribution in [2.45, 2.75) is 52.0 Å². The lowest BCUT2D eigenvalue weighted by Crippen LogP contribution is -2.47. The van der Waals surface area contributed by atoms with Gasteiger partial charge in [-0.15, -0.1) is 0 Å². The van der Waals surface area contributed by atoms with Crippen LogP contribution in [0.1, 0.15) is 37.0 Å². The van der Waals surface area contributed by atoms with Gasteiger partial charge in [-0.1, -0.05) is 38.0 Å². The van der Waals surface area contributed by atoms with E-state index >= 15 is 0 Å². The quantitative estimate of drug-likeness (QED) is 0.327. The Morgan fingerprint density at radius 3 is 2.38 bits per heavy atom. The number of nitrogens with one attached hydrogen (secondary N) is 1. The van der Waals surface area contributed by atoms with Gasteiger partial charge in [0.25, 0.3) is 0 Å². The van der Waals surface area contributed by atoms with E-state index in [4.69, 9.17) is 9.15 Å². The number of hydrogen-bond donors (Lipinski definition) is 1. The largest absolute Gasteiger partial charge is 0.425 e. The topological polar surface area (TPSA) is 103 Å². The number of hydrogen-bond acceptors (Lipinski definition) is 6. The van der Waals surface area contributed by atoms with Crippen molar-refractivity contribution in [3.05, 3.63) is 69.6 Å². The van der Waals surface area contributed by atoms with Crippen LogP contribution in [0.3, 0.4) is 0 Å². The maximum Gasteiger partial charge on any atom is 0.336 e. The Hall–Kier alpha value is -2.97. The molecule has 2 aromatic carbocycles. The number of aryl methyl sites for hydroxylation is 3. The summed E-state index contributed by atoms with van der Waals surface area (Å²) in [4.78, 5) is 24.9. The van der Waals surface area contributed by atoms with E-state index in [1.54, 1.807) is 45.0 Å². The van der Waals surface area contributed by atoms with E-state index in [1.807, 2.05) is 13.8 Å². The fourth-order valence-electron chi connectivity index (χ4n) is 3.37. The van der Waals surface area contributed by atoms with Gasteiger partial charge in [-0.05, 0) is 56.5 Å². The lowest BCUT2D eigenvalue weighted by atomic mass is 10.0. The molecule has 0 aliphatic carbocycles. The second-order valence-electron chi connectivity index (χ2n) is 8.03. The summed E-state index contributed by atoms with van der Waals surface area (Å²) in [7, 11) is -3.94. The highest BCUT2D eigenvalue weighted by Gasteiger charge is 2.32. The van der Waals surface area contributed by atoms with E-state index in [1.165, 1.54) is 18.2 Å². The Bertz CT molecular complexity index is 1310. The Labute approximate surface area is 187 Å². The summed E-state index contributed by atoms with van der Waals surface area (Å²) >= 11 is 0. The number of rotatable bonds is 7. The molecule has 0 bridgehead atoms. The summed E-state index contributed by atoms with van der Waals surface area (Å²) in [6.07, 6.45) is 0.557. The Morgan fingerprint density at radius 2 is 1.75 bits per heavy atom. The van der Waals surface area contributed by atoms with Crippen molar-refractivity contribution in [2.75, 3.05) is 0 Å². The Morgan fingerprint density at radius 1 is 1.09 bits per heavy atom. The van der Waals surface area contributed by atoms with Crippen LogP contribution in [0, 0.1) is 26.7 Å². The van der Waals surface area contributed by atoms with Gasteiger partial charge < -0.3 is 9.15 Å². The maximum absolute atomic E-state index is 13.1. The van der Waals surface area contributed by atoms with Crippen LogP contribution in [0.4, 0.5) is 0 Å².